The predicted molar refractivity (Wildman–Crippen MR) is 208 cm³/mol. The van der Waals surface area contributed by atoms with E-state index in [1.54, 1.807) is 6.92 Å². The first-order valence-corrected chi connectivity index (χ1v) is 20.0. The first kappa shape index (κ1) is 46.7. The van der Waals surface area contributed by atoms with Crippen LogP contribution in [-0.2, 0) is 49.3 Å². The van der Waals surface area contributed by atoms with Crippen molar-refractivity contribution in [2.75, 3.05) is 13.2 Å². The number of aliphatic hydroxyl groups excluding tert-OH is 1. The van der Waals surface area contributed by atoms with Gasteiger partial charge in [-0.15, -0.1) is 0 Å². The van der Waals surface area contributed by atoms with E-state index in [1.165, 1.54) is 6.92 Å². The topological polar surface area (TPSA) is 242 Å². The van der Waals surface area contributed by atoms with E-state index in [2.05, 4.69) is 6.58 Å². The Kier molecular flexibility index (Phi) is 16.8. The number of hydrogen-bond acceptors (Lipinski definition) is 13. The molecular formula is C43H56O16. The highest BCUT2D eigenvalue weighted by molar-refractivity contribution is 5.98. The van der Waals surface area contributed by atoms with E-state index in [0.717, 1.165) is 56.3 Å². The number of aliphatic hydroxyl groups is 2. The first-order valence-electron chi connectivity index (χ1n) is 20.0. The first-order chi connectivity index (χ1) is 28.1. The minimum absolute atomic E-state index is 0.175. The molecule has 2 fully saturated rings. The molecule has 2 saturated heterocycles. The number of carboxylic acids is 3. The van der Waals surface area contributed by atoms with Crippen molar-refractivity contribution < 1.29 is 77.9 Å². The third-order valence-electron chi connectivity index (χ3n) is 10.8. The molecule has 2 aromatic carbocycles. The summed E-state index contributed by atoms with van der Waals surface area (Å²) in [5.41, 5.74) is -6.39. The zero-order chi connectivity index (χ0) is 43.2. The predicted octanol–water partition coefficient (Wildman–Crippen LogP) is 5.45. The normalized spacial score (nSPS) is 25.6. The third-order valence-corrected chi connectivity index (χ3v) is 10.8. The van der Waals surface area contributed by atoms with E-state index in [4.69, 9.17) is 28.4 Å². The summed E-state index contributed by atoms with van der Waals surface area (Å²) < 4.78 is 32.8. The smallest absolute Gasteiger partial charge is 0.494 e. The molecule has 16 heteroatoms. The van der Waals surface area contributed by atoms with Crippen molar-refractivity contribution in [2.45, 2.75) is 132 Å². The number of para-hydroxylation sites is 1. The second-order valence-corrected chi connectivity index (χ2v) is 15.1. The van der Waals surface area contributed by atoms with Gasteiger partial charge in [0.15, 0.2) is 6.10 Å². The lowest BCUT2D eigenvalue weighted by Crippen LogP contribution is -2.78. The quantitative estimate of drug-likeness (QED) is 0.0474. The van der Waals surface area contributed by atoms with Crippen LogP contribution in [0, 0.1) is 5.92 Å². The van der Waals surface area contributed by atoms with Gasteiger partial charge in [-0.05, 0) is 49.0 Å². The van der Waals surface area contributed by atoms with Crippen molar-refractivity contribution >= 4 is 30.0 Å². The molecule has 2 aliphatic rings. The third kappa shape index (κ3) is 11.2. The summed E-state index contributed by atoms with van der Waals surface area (Å²) in [4.78, 5) is 63.2. The molecule has 0 saturated carbocycles. The molecule has 0 aromatic heterocycles. The SMILES string of the molecule is C=C(CC[C@@]12O[C@H](C(=O)O)[C@@](O)(C(=O)O)[C@@](C(=O)O)(O1)[C@H](OC(=O)OCCCCCCCCCCCOc1ccccc1)[C@H]2O)C(OC(C)=O)C(C)Cc1ccccc1. The molecule has 8 atom stereocenters. The Hall–Kier alpha value is -5.03. The van der Waals surface area contributed by atoms with Crippen molar-refractivity contribution in [3.8, 4) is 5.75 Å². The lowest BCUT2D eigenvalue weighted by atomic mass is 9.74. The molecule has 2 bridgehead atoms. The molecule has 59 heavy (non-hydrogen) atoms. The van der Waals surface area contributed by atoms with Gasteiger partial charge in [-0.2, -0.15) is 0 Å². The summed E-state index contributed by atoms with van der Waals surface area (Å²) in [5, 5.41) is 53.8. The van der Waals surface area contributed by atoms with Gasteiger partial charge in [0.25, 0.3) is 5.60 Å². The van der Waals surface area contributed by atoms with Gasteiger partial charge in [0.05, 0.1) is 13.2 Å². The maximum Gasteiger partial charge on any atom is 0.508 e. The van der Waals surface area contributed by atoms with Gasteiger partial charge < -0.3 is 54.0 Å². The maximum atomic E-state index is 13.0. The summed E-state index contributed by atoms with van der Waals surface area (Å²) in [6.45, 7) is 7.51. The van der Waals surface area contributed by atoms with Crippen LogP contribution in [-0.4, -0.2) is 110 Å². The minimum atomic E-state index is -3.94. The molecule has 0 amide bonds. The number of carboxylic acid groups (broad SMARTS) is 3. The van der Waals surface area contributed by atoms with Gasteiger partial charge in [0.2, 0.25) is 17.5 Å². The van der Waals surface area contributed by atoms with Crippen LogP contribution in [0.15, 0.2) is 72.8 Å². The second kappa shape index (κ2) is 21.3. The largest absolute Gasteiger partial charge is 0.508 e. The van der Waals surface area contributed by atoms with Crippen LogP contribution in [0.25, 0.3) is 0 Å². The van der Waals surface area contributed by atoms with Crippen LogP contribution in [0.5, 0.6) is 5.75 Å². The highest BCUT2D eigenvalue weighted by Crippen LogP contribution is 2.56. The monoisotopic (exact) mass is 828 g/mol. The van der Waals surface area contributed by atoms with Crippen molar-refractivity contribution in [2.24, 2.45) is 5.92 Å². The molecular weight excluding hydrogens is 772 g/mol. The molecule has 16 nitrogen and oxygen atoms in total. The fourth-order valence-electron chi connectivity index (χ4n) is 7.74. The van der Waals surface area contributed by atoms with E-state index >= 15 is 0 Å². The standard InChI is InChI=1S/C43H56O16/c1-28(33(56-30(3)44)29(2)27-31-19-13-11-14-20-31)23-24-41-34(45)35(43(59-41,39(50)51)42(53,38(48)49)36(58-41)37(46)47)57-40(52)55-26-18-10-8-6-4-5-7-9-17-25-54-32-21-15-12-16-22-32/h11-16,19-22,29,33-36,45,53H,1,4-10,17-18,23-27H2,2-3H3,(H,46,47)(H,48,49)(H,50,51)/t29?,33?,34-,35-,36-,41-,42-,43-/m1/s1. The van der Waals surface area contributed by atoms with E-state index in [-0.39, 0.29) is 24.5 Å². The van der Waals surface area contributed by atoms with Crippen LogP contribution in [0.2, 0.25) is 0 Å². The van der Waals surface area contributed by atoms with Crippen molar-refractivity contribution in [1.29, 1.82) is 0 Å². The van der Waals surface area contributed by atoms with Gasteiger partial charge in [-0.25, -0.2) is 19.2 Å². The van der Waals surface area contributed by atoms with Crippen LogP contribution < -0.4 is 4.74 Å². The fraction of sp³-hybridized carbons (Fsp3) is 0.558. The van der Waals surface area contributed by atoms with Crippen LogP contribution in [0.4, 0.5) is 4.79 Å². The Morgan fingerprint density at radius 3 is 1.92 bits per heavy atom. The number of unbranched alkanes of at least 4 members (excludes halogenated alkanes) is 8. The van der Waals surface area contributed by atoms with Gasteiger partial charge in [-0.3, -0.25) is 4.79 Å². The van der Waals surface area contributed by atoms with E-state index in [0.29, 0.717) is 25.9 Å². The Labute approximate surface area is 343 Å². The fourth-order valence-corrected chi connectivity index (χ4v) is 7.74. The van der Waals surface area contributed by atoms with E-state index in [1.807, 2.05) is 60.7 Å². The molecule has 324 valence electrons. The van der Waals surface area contributed by atoms with Crippen LogP contribution in [0.3, 0.4) is 0 Å². The van der Waals surface area contributed by atoms with Crippen molar-refractivity contribution in [1.82, 2.24) is 0 Å². The number of esters is 1. The highest BCUT2D eigenvalue weighted by atomic mass is 16.8. The Morgan fingerprint density at radius 1 is 0.814 bits per heavy atom. The van der Waals surface area contributed by atoms with Crippen LogP contribution >= 0.6 is 0 Å². The molecule has 0 aliphatic carbocycles. The molecule has 2 heterocycles. The minimum Gasteiger partial charge on any atom is -0.494 e. The molecule has 0 radical (unpaired) electrons. The Morgan fingerprint density at radius 2 is 1.37 bits per heavy atom. The summed E-state index contributed by atoms with van der Waals surface area (Å²) in [6.07, 6.45) is -2.55. The van der Waals surface area contributed by atoms with Crippen molar-refractivity contribution in [3.63, 3.8) is 0 Å². The van der Waals surface area contributed by atoms with Gasteiger partial charge >= 0.3 is 30.0 Å². The van der Waals surface area contributed by atoms with Crippen molar-refractivity contribution in [3.05, 3.63) is 78.4 Å². The van der Waals surface area contributed by atoms with Gasteiger partial charge in [-0.1, -0.05) is 107 Å². The lowest BCUT2D eigenvalue weighted by Gasteiger charge is -2.48. The number of ether oxygens (including phenoxy) is 6. The Balaban J connectivity index is 1.36. The second-order valence-electron chi connectivity index (χ2n) is 15.1. The summed E-state index contributed by atoms with van der Waals surface area (Å²) >= 11 is 0. The average Bonchev–Trinajstić information content (AvgIpc) is 3.41. The van der Waals surface area contributed by atoms with Gasteiger partial charge in [0.1, 0.15) is 18.0 Å². The molecule has 0 spiro atoms. The van der Waals surface area contributed by atoms with E-state index in [9.17, 15) is 49.5 Å². The number of fused-ring (bicyclic) bond motifs is 2. The van der Waals surface area contributed by atoms with E-state index < -0.39 is 77.9 Å². The highest BCUT2D eigenvalue weighted by Gasteiger charge is 2.86. The van der Waals surface area contributed by atoms with Gasteiger partial charge in [0, 0.05) is 19.3 Å². The number of carbonyl (C=O) groups is 5. The summed E-state index contributed by atoms with van der Waals surface area (Å²) in [7, 11) is 0. The molecule has 2 aliphatic heterocycles. The number of rotatable bonds is 25. The number of hydrogen-bond donors (Lipinski definition) is 5. The zero-order valence-electron chi connectivity index (χ0n) is 33.5. The summed E-state index contributed by atoms with van der Waals surface area (Å²) in [6, 6.07) is 18.9. The number of carbonyl (C=O) groups excluding carboxylic acids is 2. The zero-order valence-corrected chi connectivity index (χ0v) is 33.5. The summed E-state index contributed by atoms with van der Waals surface area (Å²) in [5.74, 6) is -9.59. The number of benzene rings is 2. The molecule has 2 unspecified atom stereocenters. The van der Waals surface area contributed by atoms with Crippen LogP contribution in [0.1, 0.15) is 90.0 Å². The lowest BCUT2D eigenvalue weighted by molar-refractivity contribution is -0.374. The average molecular weight is 829 g/mol. The maximum absolute atomic E-state index is 13.0. The Bertz CT molecular complexity index is 1740. The molecule has 2 aromatic rings. The number of aliphatic carboxylic acids is 3. The molecule has 4 rings (SSSR count). The molecule has 5 N–H and O–H groups in total.